The predicted octanol–water partition coefficient (Wildman–Crippen LogP) is 4.90. The molecule has 2 aromatic carbocycles. The van der Waals surface area contributed by atoms with E-state index < -0.39 is 0 Å². The highest BCUT2D eigenvalue weighted by atomic mass is 79.9. The van der Waals surface area contributed by atoms with Crippen molar-refractivity contribution in [2.45, 2.75) is 26.8 Å². The fourth-order valence-corrected chi connectivity index (χ4v) is 2.87. The van der Waals surface area contributed by atoms with E-state index in [1.54, 1.807) is 6.07 Å². The number of benzene rings is 2. The summed E-state index contributed by atoms with van der Waals surface area (Å²) >= 11 is 3.58. The molecular formula is C17H19BrFN. The van der Waals surface area contributed by atoms with Crippen molar-refractivity contribution in [2.24, 2.45) is 0 Å². The van der Waals surface area contributed by atoms with Crippen molar-refractivity contribution in [1.29, 1.82) is 0 Å². The van der Waals surface area contributed by atoms with Crippen LogP contribution in [0.4, 0.5) is 4.39 Å². The smallest absolute Gasteiger partial charge is 0.123 e. The van der Waals surface area contributed by atoms with Gasteiger partial charge in [0.25, 0.3) is 0 Å². The zero-order chi connectivity index (χ0) is 14.7. The number of aryl methyl sites for hydroxylation is 1. The first-order valence-electron chi connectivity index (χ1n) is 6.79. The van der Waals surface area contributed by atoms with Gasteiger partial charge in [0.15, 0.2) is 0 Å². The Balaban J connectivity index is 2.53. The maximum absolute atomic E-state index is 13.3. The molecule has 1 N–H and O–H groups in total. The van der Waals surface area contributed by atoms with Crippen molar-refractivity contribution in [2.75, 3.05) is 6.54 Å². The van der Waals surface area contributed by atoms with Gasteiger partial charge in [-0.2, -0.15) is 0 Å². The molecule has 0 saturated carbocycles. The predicted molar refractivity (Wildman–Crippen MR) is 85.5 cm³/mol. The van der Waals surface area contributed by atoms with E-state index in [1.807, 2.05) is 25.1 Å². The van der Waals surface area contributed by atoms with E-state index in [4.69, 9.17) is 0 Å². The molecule has 3 heteroatoms. The summed E-state index contributed by atoms with van der Waals surface area (Å²) in [5.41, 5.74) is 4.52. The normalized spacial score (nSPS) is 12.4. The molecule has 0 spiro atoms. The van der Waals surface area contributed by atoms with Gasteiger partial charge >= 0.3 is 0 Å². The van der Waals surface area contributed by atoms with Crippen molar-refractivity contribution in [3.8, 4) is 0 Å². The molecule has 0 bridgehead atoms. The summed E-state index contributed by atoms with van der Waals surface area (Å²) in [6, 6.07) is 11.3. The number of hydrogen-bond acceptors (Lipinski definition) is 1. The molecule has 2 aromatic rings. The highest BCUT2D eigenvalue weighted by Crippen LogP contribution is 2.30. The molecule has 0 aliphatic carbocycles. The Morgan fingerprint density at radius 2 is 1.90 bits per heavy atom. The standard InChI is InChI=1S/C17H19BrFN/c1-4-20-17(14-9-8-13(19)10-11(14)2)15-6-5-7-16(18)12(15)3/h5-10,17,20H,4H2,1-3H3. The van der Waals surface area contributed by atoms with Crippen molar-refractivity contribution < 1.29 is 4.39 Å². The molecule has 20 heavy (non-hydrogen) atoms. The highest BCUT2D eigenvalue weighted by molar-refractivity contribution is 9.10. The fourth-order valence-electron chi connectivity index (χ4n) is 2.49. The summed E-state index contributed by atoms with van der Waals surface area (Å²) in [4.78, 5) is 0. The van der Waals surface area contributed by atoms with Crippen molar-refractivity contribution in [3.63, 3.8) is 0 Å². The van der Waals surface area contributed by atoms with Gasteiger partial charge in [-0.25, -0.2) is 4.39 Å². The minimum atomic E-state index is -0.188. The van der Waals surface area contributed by atoms with Gasteiger partial charge in [0.2, 0.25) is 0 Å². The molecule has 0 heterocycles. The van der Waals surface area contributed by atoms with Crippen molar-refractivity contribution in [3.05, 3.63) is 68.9 Å². The van der Waals surface area contributed by atoms with Crippen LogP contribution in [0.1, 0.15) is 35.2 Å². The summed E-state index contributed by atoms with van der Waals surface area (Å²) in [5.74, 6) is -0.188. The summed E-state index contributed by atoms with van der Waals surface area (Å²) in [7, 11) is 0. The molecule has 0 fully saturated rings. The minimum Gasteiger partial charge on any atom is -0.307 e. The molecule has 1 nitrogen and oxygen atoms in total. The molecule has 0 radical (unpaired) electrons. The average molecular weight is 336 g/mol. The largest absolute Gasteiger partial charge is 0.307 e. The van der Waals surface area contributed by atoms with Crippen LogP contribution >= 0.6 is 15.9 Å². The van der Waals surface area contributed by atoms with E-state index in [2.05, 4.69) is 41.2 Å². The van der Waals surface area contributed by atoms with Gasteiger partial charge < -0.3 is 5.32 Å². The Morgan fingerprint density at radius 3 is 2.55 bits per heavy atom. The average Bonchev–Trinajstić information content (AvgIpc) is 2.40. The summed E-state index contributed by atoms with van der Waals surface area (Å²) in [6.45, 7) is 6.99. The fraction of sp³-hybridized carbons (Fsp3) is 0.294. The van der Waals surface area contributed by atoms with Crippen LogP contribution in [-0.2, 0) is 0 Å². The van der Waals surface area contributed by atoms with E-state index in [1.165, 1.54) is 17.2 Å². The lowest BCUT2D eigenvalue weighted by molar-refractivity contribution is 0.608. The van der Waals surface area contributed by atoms with Crippen LogP contribution in [-0.4, -0.2) is 6.54 Å². The van der Waals surface area contributed by atoms with Crippen LogP contribution < -0.4 is 5.32 Å². The Kier molecular flexibility index (Phi) is 4.95. The highest BCUT2D eigenvalue weighted by Gasteiger charge is 2.18. The maximum Gasteiger partial charge on any atom is 0.123 e. The van der Waals surface area contributed by atoms with Crippen LogP contribution in [0.15, 0.2) is 40.9 Å². The lowest BCUT2D eigenvalue weighted by Gasteiger charge is -2.23. The lowest BCUT2D eigenvalue weighted by Crippen LogP contribution is -2.23. The maximum atomic E-state index is 13.3. The van der Waals surface area contributed by atoms with Gasteiger partial charge in [0, 0.05) is 4.47 Å². The van der Waals surface area contributed by atoms with E-state index in [9.17, 15) is 4.39 Å². The molecule has 106 valence electrons. The van der Waals surface area contributed by atoms with Gasteiger partial charge in [-0.05, 0) is 60.8 Å². The summed E-state index contributed by atoms with van der Waals surface area (Å²) in [6.07, 6.45) is 0. The number of nitrogens with one attached hydrogen (secondary N) is 1. The van der Waals surface area contributed by atoms with Gasteiger partial charge in [-0.3, -0.25) is 0 Å². The van der Waals surface area contributed by atoms with Crippen LogP contribution in [0.2, 0.25) is 0 Å². The molecule has 0 aromatic heterocycles. The summed E-state index contributed by atoms with van der Waals surface area (Å²) < 4.78 is 14.4. The first-order valence-corrected chi connectivity index (χ1v) is 7.58. The molecule has 2 rings (SSSR count). The third kappa shape index (κ3) is 3.10. The second kappa shape index (κ2) is 6.51. The van der Waals surface area contributed by atoms with Crippen molar-refractivity contribution in [1.82, 2.24) is 5.32 Å². The first kappa shape index (κ1) is 15.2. The van der Waals surface area contributed by atoms with E-state index in [0.29, 0.717) is 0 Å². The first-order chi connectivity index (χ1) is 9.54. The minimum absolute atomic E-state index is 0.0816. The lowest BCUT2D eigenvalue weighted by atomic mass is 9.92. The van der Waals surface area contributed by atoms with E-state index in [-0.39, 0.29) is 11.9 Å². The number of rotatable bonds is 4. The topological polar surface area (TPSA) is 12.0 Å². The molecule has 0 amide bonds. The Labute approximate surface area is 128 Å². The van der Waals surface area contributed by atoms with E-state index >= 15 is 0 Å². The SMILES string of the molecule is CCNC(c1ccc(F)cc1C)c1cccc(Br)c1C. The molecule has 0 aliphatic heterocycles. The summed E-state index contributed by atoms with van der Waals surface area (Å²) in [5, 5.41) is 3.50. The van der Waals surface area contributed by atoms with Crippen LogP contribution in [0.25, 0.3) is 0 Å². The van der Waals surface area contributed by atoms with Gasteiger partial charge in [-0.1, -0.05) is 41.1 Å². The van der Waals surface area contributed by atoms with Gasteiger partial charge in [-0.15, -0.1) is 0 Å². The van der Waals surface area contributed by atoms with Gasteiger partial charge in [0.1, 0.15) is 5.82 Å². The molecule has 0 saturated heterocycles. The van der Waals surface area contributed by atoms with Crippen LogP contribution in [0.3, 0.4) is 0 Å². The second-order valence-corrected chi connectivity index (χ2v) is 5.80. The zero-order valence-corrected chi connectivity index (χ0v) is 13.6. The molecule has 0 aliphatic rings. The number of halogens is 2. The van der Waals surface area contributed by atoms with E-state index in [0.717, 1.165) is 22.1 Å². The third-order valence-electron chi connectivity index (χ3n) is 3.57. The number of hydrogen-bond donors (Lipinski definition) is 1. The van der Waals surface area contributed by atoms with Crippen LogP contribution in [0, 0.1) is 19.7 Å². The molecule has 1 atom stereocenters. The van der Waals surface area contributed by atoms with Crippen molar-refractivity contribution >= 4 is 15.9 Å². The zero-order valence-electron chi connectivity index (χ0n) is 12.0. The quantitative estimate of drug-likeness (QED) is 0.837. The second-order valence-electron chi connectivity index (χ2n) is 4.95. The van der Waals surface area contributed by atoms with Crippen LogP contribution in [0.5, 0.6) is 0 Å². The molecular weight excluding hydrogens is 317 g/mol. The third-order valence-corrected chi connectivity index (χ3v) is 4.43. The Bertz CT molecular complexity index is 610. The molecule has 1 unspecified atom stereocenters. The monoisotopic (exact) mass is 335 g/mol. The Hall–Kier alpha value is -1.19. The Morgan fingerprint density at radius 1 is 1.15 bits per heavy atom. The van der Waals surface area contributed by atoms with Gasteiger partial charge in [0.05, 0.1) is 6.04 Å².